The molecular weight excluding hydrogens is 342 g/mol. The minimum Gasteiger partial charge on any atom is -0.464 e. The minimum absolute atomic E-state index is 0.121. The summed E-state index contributed by atoms with van der Waals surface area (Å²) in [4.78, 5) is 16.5. The Labute approximate surface area is 158 Å². The van der Waals surface area contributed by atoms with Crippen LogP contribution in [0.3, 0.4) is 0 Å². The maximum Gasteiger partial charge on any atom is 0.236 e. The highest BCUT2D eigenvalue weighted by atomic mass is 16.3. The summed E-state index contributed by atoms with van der Waals surface area (Å²) in [6.45, 7) is 4.66. The van der Waals surface area contributed by atoms with Gasteiger partial charge in [0.25, 0.3) is 0 Å². The second kappa shape index (κ2) is 7.52. The lowest BCUT2D eigenvalue weighted by Gasteiger charge is -2.31. The number of rotatable bonds is 5. The Bertz CT molecular complexity index is 923. The Morgan fingerprint density at radius 2 is 2.04 bits per heavy atom. The smallest absolute Gasteiger partial charge is 0.236 e. The van der Waals surface area contributed by atoms with Crippen molar-refractivity contribution in [3.05, 3.63) is 53.9 Å². The largest absolute Gasteiger partial charge is 0.464 e. The number of nitrogens with zero attached hydrogens (tertiary/aromatic N) is 5. The van der Waals surface area contributed by atoms with Gasteiger partial charge in [0, 0.05) is 19.2 Å². The monoisotopic (exact) mass is 367 g/mol. The average molecular weight is 367 g/mol. The van der Waals surface area contributed by atoms with Crippen LogP contribution in [-0.4, -0.2) is 57.0 Å². The highest BCUT2D eigenvalue weighted by molar-refractivity contribution is 5.77. The molecule has 7 heteroatoms. The molecule has 27 heavy (non-hydrogen) atoms. The minimum atomic E-state index is 0.121. The van der Waals surface area contributed by atoms with Crippen LogP contribution in [-0.2, 0) is 11.3 Å². The lowest BCUT2D eigenvalue weighted by molar-refractivity contribution is -0.132. The van der Waals surface area contributed by atoms with Crippen LogP contribution in [0, 0.1) is 6.92 Å². The molecule has 7 nitrogen and oxygen atoms in total. The highest BCUT2D eigenvalue weighted by Gasteiger charge is 2.26. The first-order valence-corrected chi connectivity index (χ1v) is 9.41. The predicted molar refractivity (Wildman–Crippen MR) is 101 cm³/mol. The van der Waals surface area contributed by atoms with E-state index in [-0.39, 0.29) is 5.91 Å². The van der Waals surface area contributed by atoms with Crippen LogP contribution < -0.4 is 0 Å². The molecule has 4 rings (SSSR count). The SMILES string of the molecule is Cc1ccc(CN(C)C(=O)CN2CCC(c3nnc4ccccn34)CC2)o1. The Morgan fingerprint density at radius 1 is 1.22 bits per heavy atom. The van der Waals surface area contributed by atoms with Gasteiger partial charge in [0.05, 0.1) is 13.1 Å². The molecule has 1 fully saturated rings. The van der Waals surface area contributed by atoms with E-state index in [2.05, 4.69) is 19.5 Å². The third-order valence-corrected chi connectivity index (χ3v) is 5.27. The second-order valence-electron chi connectivity index (χ2n) is 7.30. The first-order chi connectivity index (χ1) is 13.1. The zero-order valence-corrected chi connectivity index (χ0v) is 15.8. The van der Waals surface area contributed by atoms with Gasteiger partial charge in [-0.3, -0.25) is 14.1 Å². The summed E-state index contributed by atoms with van der Waals surface area (Å²) in [5.41, 5.74) is 0.889. The van der Waals surface area contributed by atoms with Gasteiger partial charge in [-0.15, -0.1) is 10.2 Å². The van der Waals surface area contributed by atoms with E-state index in [0.29, 0.717) is 19.0 Å². The normalized spacial score (nSPS) is 16.1. The Kier molecular flexibility index (Phi) is 4.94. The maximum absolute atomic E-state index is 12.5. The zero-order valence-electron chi connectivity index (χ0n) is 15.8. The summed E-state index contributed by atoms with van der Waals surface area (Å²) >= 11 is 0. The third-order valence-electron chi connectivity index (χ3n) is 5.27. The van der Waals surface area contributed by atoms with Crippen molar-refractivity contribution in [2.24, 2.45) is 0 Å². The summed E-state index contributed by atoms with van der Waals surface area (Å²) in [6, 6.07) is 9.80. The Hall–Kier alpha value is -2.67. The first-order valence-electron chi connectivity index (χ1n) is 9.41. The summed E-state index contributed by atoms with van der Waals surface area (Å²) in [5, 5.41) is 8.65. The van der Waals surface area contributed by atoms with Crippen molar-refractivity contribution >= 4 is 11.6 Å². The number of likely N-dealkylation sites (N-methyl/N-ethyl adjacent to an activating group) is 1. The van der Waals surface area contributed by atoms with E-state index in [1.807, 2.05) is 50.5 Å². The van der Waals surface area contributed by atoms with Gasteiger partial charge in [-0.25, -0.2) is 0 Å². The van der Waals surface area contributed by atoms with Crippen molar-refractivity contribution in [2.45, 2.75) is 32.2 Å². The number of aryl methyl sites for hydroxylation is 1. The molecule has 0 aromatic carbocycles. The second-order valence-corrected chi connectivity index (χ2v) is 7.30. The fraction of sp³-hybridized carbons (Fsp3) is 0.450. The van der Waals surface area contributed by atoms with Gasteiger partial charge in [0.15, 0.2) is 5.65 Å². The molecule has 1 aliphatic heterocycles. The molecule has 3 aromatic heterocycles. The van der Waals surface area contributed by atoms with Gasteiger partial charge in [-0.2, -0.15) is 0 Å². The van der Waals surface area contributed by atoms with Crippen LogP contribution in [0.2, 0.25) is 0 Å². The van der Waals surface area contributed by atoms with Crippen molar-refractivity contribution in [1.82, 2.24) is 24.4 Å². The number of carbonyl (C=O) groups is 1. The molecule has 0 spiro atoms. The van der Waals surface area contributed by atoms with Crippen LogP contribution in [0.1, 0.15) is 36.1 Å². The molecule has 0 saturated carbocycles. The molecule has 142 valence electrons. The average Bonchev–Trinajstić information content (AvgIpc) is 3.28. The molecule has 0 N–H and O–H groups in total. The fourth-order valence-electron chi connectivity index (χ4n) is 3.69. The number of likely N-dealkylation sites (tertiary alicyclic amines) is 1. The number of furan rings is 1. The van der Waals surface area contributed by atoms with Crippen LogP contribution in [0.4, 0.5) is 0 Å². The highest BCUT2D eigenvalue weighted by Crippen LogP contribution is 2.27. The van der Waals surface area contributed by atoms with E-state index in [4.69, 9.17) is 4.42 Å². The maximum atomic E-state index is 12.5. The van der Waals surface area contributed by atoms with Crippen molar-refractivity contribution in [3.8, 4) is 0 Å². The molecule has 1 amide bonds. The molecule has 1 aliphatic rings. The number of piperidine rings is 1. The van der Waals surface area contributed by atoms with Crippen molar-refractivity contribution < 1.29 is 9.21 Å². The number of amides is 1. The molecule has 0 atom stereocenters. The molecule has 0 aliphatic carbocycles. The number of pyridine rings is 1. The van der Waals surface area contributed by atoms with Crippen LogP contribution in [0.15, 0.2) is 40.9 Å². The summed E-state index contributed by atoms with van der Waals surface area (Å²) < 4.78 is 7.64. The molecular formula is C20H25N5O2. The molecule has 1 saturated heterocycles. The van der Waals surface area contributed by atoms with Crippen molar-refractivity contribution in [1.29, 1.82) is 0 Å². The Balaban J connectivity index is 1.30. The molecule has 4 heterocycles. The van der Waals surface area contributed by atoms with E-state index in [9.17, 15) is 4.79 Å². The first kappa shape index (κ1) is 17.7. The van der Waals surface area contributed by atoms with Gasteiger partial charge in [0.1, 0.15) is 17.3 Å². The quantitative estimate of drug-likeness (QED) is 0.693. The summed E-state index contributed by atoms with van der Waals surface area (Å²) in [7, 11) is 1.83. The Morgan fingerprint density at radius 3 is 2.78 bits per heavy atom. The van der Waals surface area contributed by atoms with Crippen molar-refractivity contribution in [2.75, 3.05) is 26.7 Å². The van der Waals surface area contributed by atoms with Crippen LogP contribution in [0.5, 0.6) is 0 Å². The van der Waals surface area contributed by atoms with Gasteiger partial charge < -0.3 is 9.32 Å². The fourth-order valence-corrected chi connectivity index (χ4v) is 3.69. The number of hydrogen-bond donors (Lipinski definition) is 0. The number of aromatic nitrogens is 3. The van der Waals surface area contributed by atoms with Gasteiger partial charge in [-0.05, 0) is 57.1 Å². The number of fused-ring (bicyclic) bond motifs is 1. The molecule has 3 aromatic rings. The molecule has 0 unspecified atom stereocenters. The topological polar surface area (TPSA) is 66.9 Å². The van der Waals surface area contributed by atoms with Gasteiger partial charge in [0.2, 0.25) is 5.91 Å². The van der Waals surface area contributed by atoms with Gasteiger partial charge in [-0.1, -0.05) is 6.07 Å². The molecule has 0 bridgehead atoms. The van der Waals surface area contributed by atoms with Crippen molar-refractivity contribution in [3.63, 3.8) is 0 Å². The van der Waals surface area contributed by atoms with E-state index in [1.54, 1.807) is 4.90 Å². The number of carbonyl (C=O) groups excluding carboxylic acids is 1. The summed E-state index contributed by atoms with van der Waals surface area (Å²) in [5.74, 6) is 3.23. The third kappa shape index (κ3) is 3.88. The summed E-state index contributed by atoms with van der Waals surface area (Å²) in [6.07, 6.45) is 4.00. The lowest BCUT2D eigenvalue weighted by Crippen LogP contribution is -2.41. The van der Waals surface area contributed by atoms with E-state index in [1.165, 1.54) is 0 Å². The van der Waals surface area contributed by atoms with Crippen LogP contribution >= 0.6 is 0 Å². The van der Waals surface area contributed by atoms with E-state index >= 15 is 0 Å². The standard InChI is InChI=1S/C20H25N5O2/c1-15-6-7-17(27-15)13-23(2)19(26)14-24-11-8-16(9-12-24)20-22-21-18-5-3-4-10-25(18)20/h3-7,10,16H,8-9,11-14H2,1-2H3. The van der Waals surface area contributed by atoms with E-state index < -0.39 is 0 Å². The van der Waals surface area contributed by atoms with Gasteiger partial charge >= 0.3 is 0 Å². The van der Waals surface area contributed by atoms with Crippen LogP contribution in [0.25, 0.3) is 5.65 Å². The molecule has 0 radical (unpaired) electrons. The lowest BCUT2D eigenvalue weighted by atomic mass is 9.96. The van der Waals surface area contributed by atoms with E-state index in [0.717, 1.165) is 48.9 Å². The zero-order chi connectivity index (χ0) is 18.8. The predicted octanol–water partition coefficient (Wildman–Crippen LogP) is 2.47. The number of hydrogen-bond acceptors (Lipinski definition) is 5.